The number of amides is 1. The van der Waals surface area contributed by atoms with Gasteiger partial charge in [-0.3, -0.25) is 29.8 Å². The first-order valence-corrected chi connectivity index (χ1v) is 9.61. The van der Waals surface area contributed by atoms with Crippen molar-refractivity contribution in [2.45, 2.75) is 20.1 Å². The normalized spacial score (nSPS) is 10.7. The largest absolute Gasteiger partial charge is 0.502 e. The Kier molecular flexibility index (Phi) is 7.94. The van der Waals surface area contributed by atoms with Gasteiger partial charge >= 0.3 is 5.69 Å². The van der Waals surface area contributed by atoms with Crippen LogP contribution >= 0.6 is 15.9 Å². The molecule has 0 saturated heterocycles. The van der Waals surface area contributed by atoms with E-state index in [1.54, 1.807) is 13.0 Å². The lowest BCUT2D eigenvalue weighted by atomic mass is 10.1. The minimum atomic E-state index is -1.01. The number of pyridine rings is 1. The Morgan fingerprint density at radius 2 is 2.06 bits per heavy atom. The molecule has 2 rings (SSSR count). The number of carbonyl (C=O) groups is 1. The molecule has 0 spiro atoms. The van der Waals surface area contributed by atoms with E-state index in [9.17, 15) is 40.2 Å². The van der Waals surface area contributed by atoms with Crippen LogP contribution in [0.4, 0.5) is 11.4 Å². The molecule has 33 heavy (non-hydrogen) atoms. The third kappa shape index (κ3) is 5.37. The highest BCUT2D eigenvalue weighted by Gasteiger charge is 2.23. The Labute approximate surface area is 193 Å². The molecule has 0 aliphatic rings. The SMILES string of the molecule is COCc1c(Br)c(C)n(CC(=O)N/N=C/c2cc([N+](=O)[O-])cc([N+](=O)[O-])c2O)c(=O)c1C#N. The lowest BCUT2D eigenvalue weighted by Crippen LogP contribution is -2.33. The highest BCUT2D eigenvalue weighted by atomic mass is 79.9. The van der Waals surface area contributed by atoms with Gasteiger partial charge in [0, 0.05) is 28.9 Å². The number of nitriles is 1. The zero-order valence-corrected chi connectivity index (χ0v) is 18.7. The molecule has 172 valence electrons. The van der Waals surface area contributed by atoms with Gasteiger partial charge in [-0.15, -0.1) is 0 Å². The van der Waals surface area contributed by atoms with Gasteiger partial charge in [0.1, 0.15) is 18.2 Å². The summed E-state index contributed by atoms with van der Waals surface area (Å²) in [5.41, 5.74) is -0.170. The molecule has 0 atom stereocenters. The van der Waals surface area contributed by atoms with Crippen molar-refractivity contribution in [2.75, 3.05) is 7.11 Å². The Morgan fingerprint density at radius 3 is 2.61 bits per heavy atom. The molecule has 1 heterocycles. The van der Waals surface area contributed by atoms with Crippen LogP contribution in [0, 0.1) is 38.5 Å². The first-order valence-electron chi connectivity index (χ1n) is 8.81. The Balaban J connectivity index is 2.32. The van der Waals surface area contributed by atoms with Crippen LogP contribution in [0.2, 0.25) is 0 Å². The highest BCUT2D eigenvalue weighted by molar-refractivity contribution is 9.10. The van der Waals surface area contributed by atoms with Crippen LogP contribution in [0.25, 0.3) is 0 Å². The third-order valence-electron chi connectivity index (χ3n) is 4.35. The molecule has 1 aromatic carbocycles. The van der Waals surface area contributed by atoms with Gasteiger partial charge in [-0.1, -0.05) is 0 Å². The quantitative estimate of drug-likeness (QED) is 0.293. The minimum Gasteiger partial charge on any atom is -0.502 e. The van der Waals surface area contributed by atoms with Gasteiger partial charge in [0.2, 0.25) is 5.75 Å². The number of nitro benzene ring substituents is 2. The average Bonchev–Trinajstić information content (AvgIpc) is 2.76. The first-order chi connectivity index (χ1) is 15.5. The Bertz CT molecular complexity index is 1280. The van der Waals surface area contributed by atoms with Crippen LogP contribution < -0.4 is 11.0 Å². The zero-order valence-electron chi connectivity index (χ0n) is 17.1. The molecule has 2 aromatic rings. The number of methoxy groups -OCH3 is 1. The molecule has 1 aromatic heterocycles. The topological polar surface area (TPSA) is 203 Å². The number of rotatable bonds is 8. The number of phenolic OH excluding ortho intramolecular Hbond substituents is 1. The van der Waals surface area contributed by atoms with E-state index in [1.165, 1.54) is 7.11 Å². The number of hydrogen-bond acceptors (Lipinski definition) is 10. The molecular weight excluding hydrogens is 508 g/mol. The highest BCUT2D eigenvalue weighted by Crippen LogP contribution is 2.33. The summed E-state index contributed by atoms with van der Waals surface area (Å²) in [6.45, 7) is 1.00. The summed E-state index contributed by atoms with van der Waals surface area (Å²) in [6, 6.07) is 3.20. The monoisotopic (exact) mass is 522 g/mol. The van der Waals surface area contributed by atoms with Gasteiger partial charge in [0.25, 0.3) is 17.2 Å². The fourth-order valence-electron chi connectivity index (χ4n) is 2.77. The number of halogens is 1. The van der Waals surface area contributed by atoms with Crippen molar-refractivity contribution < 1.29 is 24.5 Å². The van der Waals surface area contributed by atoms with Crippen molar-refractivity contribution >= 4 is 39.4 Å². The van der Waals surface area contributed by atoms with E-state index in [4.69, 9.17) is 4.74 Å². The average molecular weight is 523 g/mol. The van der Waals surface area contributed by atoms with Crippen molar-refractivity contribution in [3.05, 3.63) is 69.6 Å². The van der Waals surface area contributed by atoms with Gasteiger partial charge in [-0.25, -0.2) is 5.43 Å². The summed E-state index contributed by atoms with van der Waals surface area (Å²) in [5.74, 6) is -1.70. The molecule has 0 saturated carbocycles. The van der Waals surface area contributed by atoms with Crippen LogP contribution in [0.3, 0.4) is 0 Å². The lowest BCUT2D eigenvalue weighted by Gasteiger charge is -2.15. The first kappa shape index (κ1) is 25.1. The Hall–Kier alpha value is -4.16. The van der Waals surface area contributed by atoms with Gasteiger partial charge in [0.05, 0.1) is 34.3 Å². The fraction of sp³-hybridized carbons (Fsp3) is 0.222. The molecule has 0 bridgehead atoms. The number of carbonyl (C=O) groups excluding carboxylic acids is 1. The van der Waals surface area contributed by atoms with Crippen LogP contribution in [0.5, 0.6) is 5.75 Å². The molecule has 0 unspecified atom stereocenters. The van der Waals surface area contributed by atoms with Crippen LogP contribution in [0.1, 0.15) is 22.4 Å². The van der Waals surface area contributed by atoms with E-state index >= 15 is 0 Å². The molecule has 2 N–H and O–H groups in total. The summed E-state index contributed by atoms with van der Waals surface area (Å²) < 4.78 is 6.44. The summed E-state index contributed by atoms with van der Waals surface area (Å²) in [6.07, 6.45) is 0.779. The number of aromatic hydroxyl groups is 1. The van der Waals surface area contributed by atoms with Crippen molar-refractivity contribution in [1.29, 1.82) is 5.26 Å². The second-order valence-electron chi connectivity index (χ2n) is 6.40. The number of ether oxygens (including phenoxy) is 1. The van der Waals surface area contributed by atoms with E-state index in [0.717, 1.165) is 16.8 Å². The molecule has 0 radical (unpaired) electrons. The molecule has 0 aliphatic carbocycles. The van der Waals surface area contributed by atoms with Gasteiger partial charge in [-0.05, 0) is 22.9 Å². The van der Waals surface area contributed by atoms with Crippen molar-refractivity contribution in [2.24, 2.45) is 5.10 Å². The van der Waals surface area contributed by atoms with E-state index in [1.807, 2.05) is 0 Å². The number of hydrogen-bond donors (Lipinski definition) is 2. The number of nitro groups is 2. The number of phenols is 1. The van der Waals surface area contributed by atoms with E-state index in [2.05, 4.69) is 26.5 Å². The molecule has 1 amide bonds. The smallest absolute Gasteiger partial charge is 0.318 e. The molecule has 0 fully saturated rings. The number of hydrazone groups is 1. The fourth-order valence-corrected chi connectivity index (χ4v) is 3.30. The van der Waals surface area contributed by atoms with Crippen molar-refractivity contribution in [1.82, 2.24) is 9.99 Å². The van der Waals surface area contributed by atoms with Crippen molar-refractivity contribution in [3.8, 4) is 11.8 Å². The predicted octanol–water partition coefficient (Wildman–Crippen LogP) is 1.61. The second kappa shape index (κ2) is 10.4. The van der Waals surface area contributed by atoms with Gasteiger partial charge < -0.3 is 14.4 Å². The van der Waals surface area contributed by atoms with Crippen LogP contribution in [-0.2, 0) is 22.7 Å². The third-order valence-corrected chi connectivity index (χ3v) is 5.41. The number of benzene rings is 1. The van der Waals surface area contributed by atoms with Gasteiger partial charge in [0.15, 0.2) is 0 Å². The van der Waals surface area contributed by atoms with E-state index in [-0.39, 0.29) is 17.7 Å². The van der Waals surface area contributed by atoms with Crippen molar-refractivity contribution in [3.63, 3.8) is 0 Å². The van der Waals surface area contributed by atoms with Gasteiger partial charge in [-0.2, -0.15) is 10.4 Å². The predicted molar refractivity (Wildman–Crippen MR) is 116 cm³/mol. The number of aromatic nitrogens is 1. The Morgan fingerprint density at radius 1 is 1.39 bits per heavy atom. The lowest BCUT2D eigenvalue weighted by molar-refractivity contribution is -0.394. The maximum Gasteiger partial charge on any atom is 0.318 e. The second-order valence-corrected chi connectivity index (χ2v) is 7.19. The number of nitrogens with one attached hydrogen (secondary N) is 1. The minimum absolute atomic E-state index is 0.00424. The molecular formula is C18H15BrN6O8. The standard InChI is InChI=1S/C18H15BrN6O8/c1-9-16(19)13(8-33-2)12(5-20)18(28)23(9)7-15(26)22-21-6-10-3-11(24(29)30)4-14(17(10)27)25(31)32/h3-4,6,27H,7-8H2,1-2H3,(H,22,26)/b21-6+. The number of non-ortho nitro benzene ring substituents is 1. The maximum absolute atomic E-state index is 12.6. The van der Waals surface area contributed by atoms with E-state index < -0.39 is 45.0 Å². The zero-order chi connectivity index (χ0) is 24.9. The van der Waals surface area contributed by atoms with Crippen LogP contribution in [-0.4, -0.2) is 38.8 Å². The number of nitrogens with zero attached hydrogens (tertiary/aromatic N) is 5. The maximum atomic E-state index is 12.6. The summed E-state index contributed by atoms with van der Waals surface area (Å²) in [4.78, 5) is 44.9. The van der Waals surface area contributed by atoms with E-state index in [0.29, 0.717) is 21.8 Å². The molecule has 15 heteroatoms. The molecule has 14 nitrogen and oxygen atoms in total. The summed E-state index contributed by atoms with van der Waals surface area (Å²) in [5, 5.41) is 44.7. The summed E-state index contributed by atoms with van der Waals surface area (Å²) in [7, 11) is 1.40. The van der Waals surface area contributed by atoms with Crippen LogP contribution in [0.15, 0.2) is 26.5 Å². The molecule has 0 aliphatic heterocycles. The summed E-state index contributed by atoms with van der Waals surface area (Å²) >= 11 is 3.29.